The number of hydrogen-bond donors (Lipinski definition) is 0. The highest BCUT2D eigenvalue weighted by molar-refractivity contribution is 6.30. The van der Waals surface area contributed by atoms with Gasteiger partial charge in [0, 0.05) is 29.6 Å². The van der Waals surface area contributed by atoms with Gasteiger partial charge in [-0.3, -0.25) is 4.79 Å². The van der Waals surface area contributed by atoms with Crippen LogP contribution in [0.5, 0.6) is 0 Å². The van der Waals surface area contributed by atoms with Crippen LogP contribution in [0, 0.1) is 0 Å². The summed E-state index contributed by atoms with van der Waals surface area (Å²) in [4.78, 5) is 34.1. The zero-order valence-corrected chi connectivity index (χ0v) is 18.5. The lowest BCUT2D eigenvalue weighted by atomic mass is 10.1. The molecule has 0 aliphatic rings. The van der Waals surface area contributed by atoms with E-state index in [0.29, 0.717) is 35.5 Å². The van der Waals surface area contributed by atoms with Gasteiger partial charge in [-0.1, -0.05) is 23.7 Å². The molecule has 0 atom stereocenters. The molecule has 33 heavy (non-hydrogen) atoms. The van der Waals surface area contributed by atoms with Gasteiger partial charge in [-0.25, -0.2) is 14.9 Å². The predicted octanol–water partition coefficient (Wildman–Crippen LogP) is 6.63. The van der Waals surface area contributed by atoms with Crippen LogP contribution in [-0.4, -0.2) is 21.7 Å². The Kier molecular flexibility index (Phi) is 7.81. The van der Waals surface area contributed by atoms with Gasteiger partial charge in [-0.2, -0.15) is 13.2 Å². The maximum Gasteiger partial charge on any atom is 0.416 e. The van der Waals surface area contributed by atoms with Gasteiger partial charge in [0.15, 0.2) is 0 Å². The lowest BCUT2D eigenvalue weighted by molar-refractivity contribution is -0.137. The van der Waals surface area contributed by atoms with E-state index in [0.717, 1.165) is 12.1 Å². The SMILES string of the molecule is CC(=O)CCCCC(=O)N(c1ccc(C(F)(F)F)cc1)c1nccc(-c2cccc(Cl)c2)n1. The number of halogens is 4. The maximum absolute atomic E-state index is 13.1. The van der Waals surface area contributed by atoms with Crippen molar-refractivity contribution >= 4 is 34.9 Å². The number of carbonyl (C=O) groups excluding carboxylic acids is 2. The molecular weight excluding hydrogens is 455 g/mol. The minimum atomic E-state index is -4.50. The lowest BCUT2D eigenvalue weighted by Crippen LogP contribution is -2.27. The van der Waals surface area contributed by atoms with E-state index in [2.05, 4.69) is 9.97 Å². The molecule has 1 aromatic heterocycles. The summed E-state index contributed by atoms with van der Waals surface area (Å²) in [5.41, 5.74) is 0.590. The summed E-state index contributed by atoms with van der Waals surface area (Å²) in [5.74, 6) is -0.329. The fourth-order valence-corrected chi connectivity index (χ4v) is 3.39. The summed E-state index contributed by atoms with van der Waals surface area (Å²) in [7, 11) is 0. The van der Waals surface area contributed by atoms with Crippen molar-refractivity contribution in [1.82, 2.24) is 9.97 Å². The van der Waals surface area contributed by atoms with Gasteiger partial charge in [-0.15, -0.1) is 0 Å². The third kappa shape index (κ3) is 6.61. The second-order valence-electron chi connectivity index (χ2n) is 7.44. The highest BCUT2D eigenvalue weighted by atomic mass is 35.5. The van der Waals surface area contributed by atoms with Gasteiger partial charge in [0.05, 0.1) is 16.9 Å². The standard InChI is InChI=1S/C24H21ClF3N3O2/c1-16(32)5-2-3-8-22(33)31(20-11-9-18(10-12-20)24(26,27)28)23-29-14-13-21(30-23)17-6-4-7-19(25)15-17/h4,6-7,9-15H,2-3,5,8H2,1H3. The van der Waals surface area contributed by atoms with Crippen molar-refractivity contribution < 1.29 is 22.8 Å². The normalized spacial score (nSPS) is 11.3. The Bertz CT molecular complexity index is 1130. The van der Waals surface area contributed by atoms with E-state index in [-0.39, 0.29) is 29.7 Å². The first-order chi connectivity index (χ1) is 15.6. The number of carbonyl (C=O) groups is 2. The van der Waals surface area contributed by atoms with Crippen LogP contribution < -0.4 is 4.90 Å². The number of unbranched alkanes of at least 4 members (excludes halogenated alkanes) is 1. The van der Waals surface area contributed by atoms with E-state index < -0.39 is 11.7 Å². The van der Waals surface area contributed by atoms with E-state index in [1.165, 1.54) is 30.2 Å². The predicted molar refractivity (Wildman–Crippen MR) is 120 cm³/mol. The zero-order chi connectivity index (χ0) is 24.0. The molecule has 5 nitrogen and oxygen atoms in total. The molecular formula is C24H21ClF3N3O2. The molecule has 172 valence electrons. The molecule has 0 fully saturated rings. The van der Waals surface area contributed by atoms with Gasteiger partial charge in [-0.05, 0) is 62.2 Å². The Morgan fingerprint density at radius 1 is 1.00 bits per heavy atom. The average Bonchev–Trinajstić information content (AvgIpc) is 2.77. The Morgan fingerprint density at radius 3 is 2.33 bits per heavy atom. The highest BCUT2D eigenvalue weighted by Crippen LogP contribution is 2.32. The Labute approximate surface area is 194 Å². The van der Waals surface area contributed by atoms with E-state index in [9.17, 15) is 22.8 Å². The Hall–Kier alpha value is -3.26. The number of hydrogen-bond acceptors (Lipinski definition) is 4. The van der Waals surface area contributed by atoms with E-state index in [4.69, 9.17) is 11.6 Å². The molecule has 0 N–H and O–H groups in total. The molecule has 1 heterocycles. The van der Waals surface area contributed by atoms with Crippen LogP contribution in [0.15, 0.2) is 60.8 Å². The second-order valence-corrected chi connectivity index (χ2v) is 7.87. The second kappa shape index (κ2) is 10.6. The molecule has 3 aromatic rings. The summed E-state index contributed by atoms with van der Waals surface area (Å²) in [5, 5.41) is 0.508. The summed E-state index contributed by atoms with van der Waals surface area (Å²) in [6, 6.07) is 12.9. The van der Waals surface area contributed by atoms with Crippen molar-refractivity contribution in [2.45, 2.75) is 38.8 Å². The minimum absolute atomic E-state index is 0.0274. The van der Waals surface area contributed by atoms with Crippen LogP contribution in [0.4, 0.5) is 24.8 Å². The molecule has 0 aliphatic carbocycles. The van der Waals surface area contributed by atoms with Crippen LogP contribution in [-0.2, 0) is 15.8 Å². The number of alkyl halides is 3. The molecule has 2 aromatic carbocycles. The first-order valence-electron chi connectivity index (χ1n) is 10.2. The van der Waals surface area contributed by atoms with E-state index in [1.807, 2.05) is 0 Å². The van der Waals surface area contributed by atoms with Gasteiger partial charge >= 0.3 is 6.18 Å². The fourth-order valence-electron chi connectivity index (χ4n) is 3.20. The molecule has 9 heteroatoms. The first kappa shape index (κ1) is 24.4. The fraction of sp³-hybridized carbons (Fsp3) is 0.250. The zero-order valence-electron chi connectivity index (χ0n) is 17.8. The highest BCUT2D eigenvalue weighted by Gasteiger charge is 2.31. The number of ketones is 1. The third-order valence-electron chi connectivity index (χ3n) is 4.83. The van der Waals surface area contributed by atoms with Crippen molar-refractivity contribution in [1.29, 1.82) is 0 Å². The van der Waals surface area contributed by atoms with Crippen LogP contribution in [0.25, 0.3) is 11.3 Å². The smallest absolute Gasteiger partial charge is 0.300 e. The topological polar surface area (TPSA) is 63.2 Å². The monoisotopic (exact) mass is 475 g/mol. The van der Waals surface area contributed by atoms with Crippen LogP contribution >= 0.6 is 11.6 Å². The third-order valence-corrected chi connectivity index (χ3v) is 5.07. The number of Topliss-reactive ketones (excluding diaryl/α,β-unsaturated/α-hetero) is 1. The van der Waals surface area contributed by atoms with Crippen LogP contribution in [0.1, 0.15) is 38.2 Å². The summed E-state index contributed by atoms with van der Waals surface area (Å²) in [6.07, 6.45) is -1.61. The number of benzene rings is 2. The molecule has 0 saturated heterocycles. The first-order valence-corrected chi connectivity index (χ1v) is 10.6. The number of rotatable bonds is 8. The van der Waals surface area contributed by atoms with Crippen molar-refractivity contribution in [2.24, 2.45) is 0 Å². The molecule has 0 saturated carbocycles. The largest absolute Gasteiger partial charge is 0.416 e. The average molecular weight is 476 g/mol. The summed E-state index contributed by atoms with van der Waals surface area (Å²) < 4.78 is 39.0. The number of amides is 1. The Morgan fingerprint density at radius 2 is 1.70 bits per heavy atom. The van der Waals surface area contributed by atoms with Gasteiger partial charge in [0.25, 0.3) is 0 Å². The van der Waals surface area contributed by atoms with Crippen LogP contribution in [0.3, 0.4) is 0 Å². The lowest BCUT2D eigenvalue weighted by Gasteiger charge is -2.22. The van der Waals surface area contributed by atoms with Crippen molar-refractivity contribution in [3.8, 4) is 11.3 Å². The minimum Gasteiger partial charge on any atom is -0.300 e. The Balaban J connectivity index is 1.95. The number of aromatic nitrogens is 2. The van der Waals surface area contributed by atoms with E-state index in [1.54, 1.807) is 30.3 Å². The summed E-state index contributed by atoms with van der Waals surface area (Å²) >= 11 is 6.06. The molecule has 0 radical (unpaired) electrons. The molecule has 1 amide bonds. The van der Waals surface area contributed by atoms with E-state index >= 15 is 0 Å². The molecule has 0 bridgehead atoms. The summed E-state index contributed by atoms with van der Waals surface area (Å²) in [6.45, 7) is 1.48. The van der Waals surface area contributed by atoms with Gasteiger partial charge in [0.1, 0.15) is 5.78 Å². The van der Waals surface area contributed by atoms with Crippen LogP contribution in [0.2, 0.25) is 5.02 Å². The number of anilines is 2. The molecule has 0 unspecified atom stereocenters. The number of nitrogens with zero attached hydrogens (tertiary/aromatic N) is 3. The molecule has 0 aliphatic heterocycles. The maximum atomic E-state index is 13.1. The van der Waals surface area contributed by atoms with Crippen molar-refractivity contribution in [2.75, 3.05) is 4.90 Å². The van der Waals surface area contributed by atoms with Crippen molar-refractivity contribution in [3.63, 3.8) is 0 Å². The van der Waals surface area contributed by atoms with Crippen molar-refractivity contribution in [3.05, 3.63) is 71.4 Å². The quantitative estimate of drug-likeness (QED) is 0.343. The molecule has 3 rings (SSSR count). The van der Waals surface area contributed by atoms with Gasteiger partial charge in [0.2, 0.25) is 11.9 Å². The molecule has 0 spiro atoms. The van der Waals surface area contributed by atoms with Gasteiger partial charge < -0.3 is 4.79 Å².